The Labute approximate surface area is 119 Å². The zero-order valence-electron chi connectivity index (χ0n) is 10.9. The highest BCUT2D eigenvalue weighted by molar-refractivity contribution is 7.17. The van der Waals surface area contributed by atoms with Gasteiger partial charge in [-0.15, -0.1) is 11.3 Å². The second-order valence-electron chi connectivity index (χ2n) is 4.66. The van der Waals surface area contributed by atoms with Crippen LogP contribution in [0.5, 0.6) is 11.5 Å². The minimum Gasteiger partial charge on any atom is -0.454 e. The maximum atomic E-state index is 5.67. The van der Waals surface area contributed by atoms with Gasteiger partial charge in [0, 0.05) is 23.2 Å². The number of hydrogen-bond donors (Lipinski definition) is 1. The lowest BCUT2D eigenvalue weighted by Gasteiger charge is -2.04. The van der Waals surface area contributed by atoms with E-state index in [2.05, 4.69) is 16.3 Å². The fraction of sp³-hybridized carbons (Fsp3) is 0.214. The summed E-state index contributed by atoms with van der Waals surface area (Å²) in [6.07, 6.45) is 2.00. The molecular weight excluding hydrogens is 274 g/mol. The fourth-order valence-electron chi connectivity index (χ4n) is 2.48. The second kappa shape index (κ2) is 4.22. The van der Waals surface area contributed by atoms with Gasteiger partial charge in [-0.05, 0) is 25.1 Å². The normalized spacial score (nSPS) is 13.3. The van der Waals surface area contributed by atoms with Crippen LogP contribution < -0.4 is 15.2 Å². The molecule has 2 N–H and O–H groups in total. The highest BCUT2D eigenvalue weighted by Gasteiger charge is 2.18. The van der Waals surface area contributed by atoms with Crippen molar-refractivity contribution in [2.45, 2.75) is 13.5 Å². The van der Waals surface area contributed by atoms with Crippen LogP contribution in [0.4, 0.5) is 0 Å². The van der Waals surface area contributed by atoms with Crippen LogP contribution in [0.2, 0.25) is 0 Å². The Bertz CT molecular complexity index is 806. The summed E-state index contributed by atoms with van der Waals surface area (Å²) in [5.41, 5.74) is 8.80. The summed E-state index contributed by atoms with van der Waals surface area (Å²) in [4.78, 5) is 6.70. The average Bonchev–Trinajstić information content (AvgIpc) is 3.10. The molecule has 0 aliphatic carbocycles. The maximum Gasteiger partial charge on any atom is 0.231 e. The van der Waals surface area contributed by atoms with Crippen LogP contribution in [-0.4, -0.2) is 16.2 Å². The lowest BCUT2D eigenvalue weighted by molar-refractivity contribution is 0.174. The average molecular weight is 287 g/mol. The van der Waals surface area contributed by atoms with Crippen LogP contribution in [0.1, 0.15) is 10.6 Å². The molecule has 0 bridgehead atoms. The predicted octanol–water partition coefficient (Wildman–Crippen LogP) is 2.56. The molecule has 0 saturated heterocycles. The first-order valence-corrected chi connectivity index (χ1v) is 7.15. The van der Waals surface area contributed by atoms with Gasteiger partial charge in [0.15, 0.2) is 16.5 Å². The first-order valence-electron chi connectivity index (χ1n) is 6.33. The Balaban J connectivity index is 1.92. The summed E-state index contributed by atoms with van der Waals surface area (Å²) in [5.74, 6) is 1.59. The Morgan fingerprint density at radius 3 is 3.05 bits per heavy atom. The van der Waals surface area contributed by atoms with Crippen molar-refractivity contribution in [3.63, 3.8) is 0 Å². The van der Waals surface area contributed by atoms with Crippen molar-refractivity contribution in [3.8, 4) is 22.8 Å². The first-order chi connectivity index (χ1) is 9.76. The highest BCUT2D eigenvalue weighted by atomic mass is 32.1. The van der Waals surface area contributed by atoms with E-state index in [0.717, 1.165) is 33.4 Å². The third-order valence-electron chi connectivity index (χ3n) is 3.40. The van der Waals surface area contributed by atoms with Crippen LogP contribution >= 0.6 is 11.3 Å². The third kappa shape index (κ3) is 1.62. The molecule has 4 rings (SSSR count). The minimum atomic E-state index is 0.291. The van der Waals surface area contributed by atoms with Crippen molar-refractivity contribution >= 4 is 16.3 Å². The molecule has 5 nitrogen and oxygen atoms in total. The smallest absolute Gasteiger partial charge is 0.231 e. The Morgan fingerprint density at radius 1 is 1.35 bits per heavy atom. The van der Waals surface area contributed by atoms with Gasteiger partial charge in [0.25, 0.3) is 0 Å². The van der Waals surface area contributed by atoms with Crippen molar-refractivity contribution in [1.29, 1.82) is 0 Å². The lowest BCUT2D eigenvalue weighted by atomic mass is 10.1. The molecular formula is C14H13N3O2S. The van der Waals surface area contributed by atoms with Crippen LogP contribution in [0.3, 0.4) is 0 Å². The van der Waals surface area contributed by atoms with Gasteiger partial charge in [-0.3, -0.25) is 4.40 Å². The van der Waals surface area contributed by atoms with Gasteiger partial charge in [0.05, 0.1) is 11.4 Å². The van der Waals surface area contributed by atoms with Crippen LogP contribution in [-0.2, 0) is 6.54 Å². The first kappa shape index (κ1) is 11.7. The van der Waals surface area contributed by atoms with Crippen molar-refractivity contribution in [1.82, 2.24) is 9.38 Å². The van der Waals surface area contributed by atoms with E-state index in [0.29, 0.717) is 13.3 Å². The van der Waals surface area contributed by atoms with Crippen molar-refractivity contribution < 1.29 is 9.47 Å². The van der Waals surface area contributed by atoms with Crippen LogP contribution in [0.25, 0.3) is 16.2 Å². The number of benzene rings is 1. The number of rotatable bonds is 2. The Morgan fingerprint density at radius 2 is 2.20 bits per heavy atom. The number of aryl methyl sites for hydroxylation is 1. The molecule has 0 unspecified atom stereocenters. The van der Waals surface area contributed by atoms with E-state index in [4.69, 9.17) is 15.2 Å². The summed E-state index contributed by atoms with van der Waals surface area (Å²) in [6, 6.07) is 6.00. The zero-order valence-corrected chi connectivity index (χ0v) is 11.7. The van der Waals surface area contributed by atoms with E-state index in [1.807, 2.05) is 24.4 Å². The molecule has 0 atom stereocenters. The van der Waals surface area contributed by atoms with E-state index >= 15 is 0 Å². The molecule has 3 aromatic rings. The Hall–Kier alpha value is -2.05. The minimum absolute atomic E-state index is 0.291. The third-order valence-corrected chi connectivity index (χ3v) is 4.37. The molecule has 0 saturated carbocycles. The summed E-state index contributed by atoms with van der Waals surface area (Å²) < 4.78 is 12.9. The van der Waals surface area contributed by atoms with Gasteiger partial charge < -0.3 is 15.2 Å². The maximum absolute atomic E-state index is 5.67. The number of aromatic nitrogens is 2. The van der Waals surface area contributed by atoms with Gasteiger partial charge in [-0.25, -0.2) is 4.98 Å². The highest BCUT2D eigenvalue weighted by Crippen LogP contribution is 2.38. The molecule has 0 radical (unpaired) electrons. The topological polar surface area (TPSA) is 61.8 Å². The molecule has 1 aliphatic rings. The fourth-order valence-corrected chi connectivity index (χ4v) is 3.47. The van der Waals surface area contributed by atoms with Gasteiger partial charge in [0.2, 0.25) is 6.79 Å². The molecule has 0 amide bonds. The number of hydrogen-bond acceptors (Lipinski definition) is 5. The van der Waals surface area contributed by atoms with Gasteiger partial charge in [-0.2, -0.15) is 0 Å². The van der Waals surface area contributed by atoms with E-state index in [-0.39, 0.29) is 0 Å². The largest absolute Gasteiger partial charge is 0.454 e. The summed E-state index contributed by atoms with van der Waals surface area (Å²) in [5, 5.41) is 0. The number of thiazole rings is 1. The van der Waals surface area contributed by atoms with Crippen molar-refractivity contribution in [2.75, 3.05) is 6.79 Å². The lowest BCUT2D eigenvalue weighted by Crippen LogP contribution is -1.95. The standard InChI is InChI=1S/C14H13N3O2S/c1-8-13(17-6-10(5-15)16-14(17)20-8)9-2-3-11-12(4-9)19-7-18-11/h2-4,6H,5,7,15H2,1H3. The molecule has 0 fully saturated rings. The number of ether oxygens (including phenoxy) is 2. The van der Waals surface area contributed by atoms with Gasteiger partial charge in [-0.1, -0.05) is 0 Å². The monoisotopic (exact) mass is 287 g/mol. The zero-order chi connectivity index (χ0) is 13.7. The van der Waals surface area contributed by atoms with Crippen LogP contribution in [0.15, 0.2) is 24.4 Å². The Kier molecular flexibility index (Phi) is 2.48. The quantitative estimate of drug-likeness (QED) is 0.787. The number of imidazole rings is 1. The molecule has 2 aromatic heterocycles. The predicted molar refractivity (Wildman–Crippen MR) is 77.3 cm³/mol. The molecule has 20 heavy (non-hydrogen) atoms. The summed E-state index contributed by atoms with van der Waals surface area (Å²) >= 11 is 1.67. The number of nitrogens with zero attached hydrogens (tertiary/aromatic N) is 2. The molecule has 1 aliphatic heterocycles. The summed E-state index contributed by atoms with van der Waals surface area (Å²) in [7, 11) is 0. The van der Waals surface area contributed by atoms with E-state index < -0.39 is 0 Å². The van der Waals surface area contributed by atoms with E-state index in [1.165, 1.54) is 4.88 Å². The number of fused-ring (bicyclic) bond motifs is 2. The van der Waals surface area contributed by atoms with E-state index in [1.54, 1.807) is 11.3 Å². The SMILES string of the molecule is Cc1sc2nc(CN)cn2c1-c1ccc2c(c1)OCO2. The van der Waals surface area contributed by atoms with Crippen LogP contribution in [0, 0.1) is 6.92 Å². The van der Waals surface area contributed by atoms with Gasteiger partial charge >= 0.3 is 0 Å². The molecule has 6 heteroatoms. The second-order valence-corrected chi connectivity index (χ2v) is 5.85. The molecule has 102 valence electrons. The van der Waals surface area contributed by atoms with Crippen molar-refractivity contribution in [3.05, 3.63) is 35.0 Å². The number of nitrogens with two attached hydrogens (primary N) is 1. The molecule has 0 spiro atoms. The molecule has 3 heterocycles. The van der Waals surface area contributed by atoms with Gasteiger partial charge in [0.1, 0.15) is 0 Å². The van der Waals surface area contributed by atoms with E-state index in [9.17, 15) is 0 Å². The van der Waals surface area contributed by atoms with Crippen molar-refractivity contribution in [2.24, 2.45) is 5.73 Å². The summed E-state index contributed by atoms with van der Waals surface area (Å²) in [6.45, 7) is 2.84. The molecule has 1 aromatic carbocycles.